The molecule has 0 fully saturated rings. The van der Waals surface area contributed by atoms with Crippen LogP contribution in [0.5, 0.6) is 0 Å². The number of sulfonamides is 1. The minimum absolute atomic E-state index is 0.220. The lowest BCUT2D eigenvalue weighted by atomic mass is 10.2. The Hall–Kier alpha value is -2.65. The van der Waals surface area contributed by atoms with Crippen LogP contribution in [0.15, 0.2) is 65.0 Å². The van der Waals surface area contributed by atoms with Crippen LogP contribution in [-0.2, 0) is 16.6 Å². The molecule has 0 unspecified atom stereocenters. The zero-order valence-corrected chi connectivity index (χ0v) is 15.5. The van der Waals surface area contributed by atoms with E-state index in [0.29, 0.717) is 11.5 Å². The lowest BCUT2D eigenvalue weighted by Crippen LogP contribution is -2.29. The molecule has 0 spiro atoms. The third-order valence-electron chi connectivity index (χ3n) is 3.83. The Bertz CT molecular complexity index is 1060. The molecular formula is C17H15N5O2S2. The lowest BCUT2D eigenvalue weighted by molar-refractivity contribution is 0.596. The van der Waals surface area contributed by atoms with E-state index >= 15 is 0 Å². The fourth-order valence-electron chi connectivity index (χ4n) is 2.65. The molecule has 0 amide bonds. The van der Waals surface area contributed by atoms with Crippen LogP contribution in [0.1, 0.15) is 5.56 Å². The minimum atomic E-state index is -3.44. The van der Waals surface area contributed by atoms with Gasteiger partial charge in [-0.2, -0.15) is 0 Å². The molecule has 1 aromatic carbocycles. The van der Waals surface area contributed by atoms with Crippen molar-refractivity contribution in [1.29, 1.82) is 0 Å². The van der Waals surface area contributed by atoms with Gasteiger partial charge in [0.25, 0.3) is 0 Å². The predicted molar refractivity (Wildman–Crippen MR) is 101 cm³/mol. The highest BCUT2D eigenvalue weighted by atomic mass is 32.2. The Labute approximate surface area is 155 Å². The quantitative estimate of drug-likeness (QED) is 0.577. The minimum Gasteiger partial charge on any atom is -0.337 e. The molecule has 0 radical (unpaired) electrons. The van der Waals surface area contributed by atoms with Crippen LogP contribution in [0.2, 0.25) is 0 Å². The van der Waals surface area contributed by atoms with Gasteiger partial charge in [-0.05, 0) is 29.8 Å². The average Bonchev–Trinajstić information content (AvgIpc) is 2.64. The fourth-order valence-corrected chi connectivity index (χ4v) is 4.40. The van der Waals surface area contributed by atoms with Gasteiger partial charge in [0, 0.05) is 23.5 Å². The number of hydrogen-bond donors (Lipinski definition) is 1. The van der Waals surface area contributed by atoms with E-state index in [2.05, 4.69) is 20.3 Å². The SMILES string of the molecule is CS(=O)(=O)N(Cc1ccc2c(c1)Nc1nccnc1S2)c1cccnc1. The summed E-state index contributed by atoms with van der Waals surface area (Å²) in [5.41, 5.74) is 2.28. The van der Waals surface area contributed by atoms with E-state index < -0.39 is 10.0 Å². The van der Waals surface area contributed by atoms with Crippen molar-refractivity contribution in [2.45, 2.75) is 16.5 Å². The van der Waals surface area contributed by atoms with E-state index in [9.17, 15) is 8.42 Å². The summed E-state index contributed by atoms with van der Waals surface area (Å²) in [5, 5.41) is 4.08. The van der Waals surface area contributed by atoms with Crippen molar-refractivity contribution in [2.75, 3.05) is 15.9 Å². The van der Waals surface area contributed by atoms with E-state index in [4.69, 9.17) is 0 Å². The van der Waals surface area contributed by atoms with Crippen molar-refractivity contribution in [1.82, 2.24) is 15.0 Å². The molecule has 1 aliphatic rings. The molecule has 4 rings (SSSR count). The molecule has 3 aromatic rings. The van der Waals surface area contributed by atoms with Gasteiger partial charge in [-0.15, -0.1) is 0 Å². The molecule has 0 saturated carbocycles. The van der Waals surface area contributed by atoms with Gasteiger partial charge in [0.15, 0.2) is 5.82 Å². The van der Waals surface area contributed by atoms with Crippen LogP contribution in [0.4, 0.5) is 17.2 Å². The second kappa shape index (κ2) is 6.58. The van der Waals surface area contributed by atoms with Crippen molar-refractivity contribution in [2.24, 2.45) is 0 Å². The van der Waals surface area contributed by atoms with Crippen LogP contribution in [0.3, 0.4) is 0 Å². The van der Waals surface area contributed by atoms with Gasteiger partial charge < -0.3 is 5.32 Å². The highest BCUT2D eigenvalue weighted by Gasteiger charge is 2.21. The first-order chi connectivity index (χ1) is 12.5. The molecular weight excluding hydrogens is 370 g/mol. The molecule has 0 saturated heterocycles. The molecule has 0 aliphatic carbocycles. The van der Waals surface area contributed by atoms with Gasteiger partial charge in [0.05, 0.1) is 30.4 Å². The van der Waals surface area contributed by atoms with Crippen molar-refractivity contribution < 1.29 is 8.42 Å². The summed E-state index contributed by atoms with van der Waals surface area (Å²) in [6.45, 7) is 0.220. The number of anilines is 3. The van der Waals surface area contributed by atoms with Gasteiger partial charge >= 0.3 is 0 Å². The summed E-state index contributed by atoms with van der Waals surface area (Å²) >= 11 is 1.53. The average molecular weight is 385 g/mol. The van der Waals surface area contributed by atoms with Gasteiger partial charge in [-0.3, -0.25) is 9.29 Å². The number of rotatable bonds is 4. The van der Waals surface area contributed by atoms with Crippen molar-refractivity contribution in [3.63, 3.8) is 0 Å². The topological polar surface area (TPSA) is 88.1 Å². The Balaban J connectivity index is 1.65. The van der Waals surface area contributed by atoms with Crippen LogP contribution >= 0.6 is 11.8 Å². The first-order valence-corrected chi connectivity index (χ1v) is 10.4. The number of aromatic nitrogens is 3. The largest absolute Gasteiger partial charge is 0.337 e. The first-order valence-electron chi connectivity index (χ1n) is 7.77. The predicted octanol–water partition coefficient (Wildman–Crippen LogP) is 3.05. The van der Waals surface area contributed by atoms with Crippen molar-refractivity contribution in [3.8, 4) is 0 Å². The van der Waals surface area contributed by atoms with Gasteiger partial charge in [-0.25, -0.2) is 18.4 Å². The summed E-state index contributed by atoms with van der Waals surface area (Å²) in [7, 11) is -3.44. The zero-order chi connectivity index (χ0) is 18.1. The van der Waals surface area contributed by atoms with Crippen molar-refractivity contribution >= 4 is 39.0 Å². The molecule has 0 bridgehead atoms. The molecule has 1 N–H and O–H groups in total. The Morgan fingerprint density at radius 1 is 1.15 bits per heavy atom. The summed E-state index contributed by atoms with van der Waals surface area (Å²) < 4.78 is 25.8. The second-order valence-electron chi connectivity index (χ2n) is 5.75. The number of fused-ring (bicyclic) bond motifs is 2. The second-order valence-corrected chi connectivity index (χ2v) is 8.69. The van der Waals surface area contributed by atoms with Crippen molar-refractivity contribution in [3.05, 3.63) is 60.7 Å². The van der Waals surface area contributed by atoms with E-state index in [1.165, 1.54) is 22.3 Å². The fraction of sp³-hybridized carbons (Fsp3) is 0.118. The third-order valence-corrected chi connectivity index (χ3v) is 6.04. The summed E-state index contributed by atoms with van der Waals surface area (Å²) in [4.78, 5) is 13.6. The maximum atomic E-state index is 12.2. The first kappa shape index (κ1) is 16.8. The monoisotopic (exact) mass is 385 g/mol. The standard InChI is InChI=1S/C17H15N5O2S2/c1-26(23,24)22(13-3-2-6-18-10-13)11-12-4-5-15-14(9-12)21-16-17(25-15)20-8-7-19-16/h2-10H,11H2,1H3,(H,19,21). The molecule has 7 nitrogen and oxygen atoms in total. The number of benzene rings is 1. The zero-order valence-electron chi connectivity index (χ0n) is 13.8. The third kappa shape index (κ3) is 3.35. The Morgan fingerprint density at radius 3 is 2.77 bits per heavy atom. The Morgan fingerprint density at radius 2 is 2.00 bits per heavy atom. The molecule has 9 heteroatoms. The van der Waals surface area contributed by atoms with Crippen LogP contribution in [-0.4, -0.2) is 29.6 Å². The van der Waals surface area contributed by atoms with Crippen LogP contribution < -0.4 is 9.62 Å². The maximum absolute atomic E-state index is 12.2. The molecule has 132 valence electrons. The van der Waals surface area contributed by atoms with Gasteiger partial charge in [0.2, 0.25) is 10.0 Å². The highest BCUT2D eigenvalue weighted by molar-refractivity contribution is 7.99. The molecule has 26 heavy (non-hydrogen) atoms. The van der Waals surface area contributed by atoms with E-state index in [-0.39, 0.29) is 6.54 Å². The molecule has 2 aromatic heterocycles. The van der Waals surface area contributed by atoms with Gasteiger partial charge in [0.1, 0.15) is 5.03 Å². The normalized spacial score (nSPS) is 12.7. The summed E-state index contributed by atoms with van der Waals surface area (Å²) in [5.74, 6) is 0.703. The summed E-state index contributed by atoms with van der Waals surface area (Å²) in [6, 6.07) is 9.27. The molecule has 0 atom stereocenters. The maximum Gasteiger partial charge on any atom is 0.232 e. The smallest absolute Gasteiger partial charge is 0.232 e. The molecule has 3 heterocycles. The lowest BCUT2D eigenvalue weighted by Gasteiger charge is -2.24. The van der Waals surface area contributed by atoms with E-state index in [0.717, 1.165) is 21.2 Å². The highest BCUT2D eigenvalue weighted by Crippen LogP contribution is 2.42. The Kier molecular flexibility index (Phi) is 4.25. The number of pyridine rings is 1. The van der Waals surface area contributed by atoms with E-state index in [1.54, 1.807) is 36.9 Å². The molecule has 1 aliphatic heterocycles. The van der Waals surface area contributed by atoms with Crippen LogP contribution in [0, 0.1) is 0 Å². The van der Waals surface area contributed by atoms with Crippen LogP contribution in [0.25, 0.3) is 0 Å². The number of nitrogens with one attached hydrogen (secondary N) is 1. The number of hydrogen-bond acceptors (Lipinski definition) is 7. The van der Waals surface area contributed by atoms with E-state index in [1.807, 2.05) is 18.2 Å². The summed E-state index contributed by atoms with van der Waals surface area (Å²) in [6.07, 6.45) is 7.64. The number of nitrogens with zero attached hydrogens (tertiary/aromatic N) is 4. The van der Waals surface area contributed by atoms with Gasteiger partial charge in [-0.1, -0.05) is 17.8 Å².